The summed E-state index contributed by atoms with van der Waals surface area (Å²) in [7, 11) is 1.53. The van der Waals surface area contributed by atoms with Gasteiger partial charge in [0.1, 0.15) is 6.61 Å². The lowest BCUT2D eigenvalue weighted by Crippen LogP contribution is -2.11. The summed E-state index contributed by atoms with van der Waals surface area (Å²) in [6, 6.07) is 5.40. The Morgan fingerprint density at radius 3 is 2.30 bits per heavy atom. The SMILES string of the molecule is CCCCCCCCC/C=C/COC(=O)CCCC(=O)Oc1cc(C)ccc1OC. The molecule has 0 unspecified atom stereocenters. The molecule has 0 amide bonds. The lowest BCUT2D eigenvalue weighted by Gasteiger charge is -2.09. The van der Waals surface area contributed by atoms with Gasteiger partial charge in [-0.3, -0.25) is 9.59 Å². The minimum absolute atomic E-state index is 0.153. The molecule has 0 bridgehead atoms. The molecule has 5 heteroatoms. The number of allylic oxidation sites excluding steroid dienone is 1. The minimum Gasteiger partial charge on any atom is -0.493 e. The van der Waals surface area contributed by atoms with E-state index in [1.54, 1.807) is 12.1 Å². The molecule has 0 radical (unpaired) electrons. The quantitative estimate of drug-likeness (QED) is 0.136. The number of unbranched alkanes of at least 4 members (excludes halogenated alkanes) is 7. The van der Waals surface area contributed by atoms with E-state index < -0.39 is 0 Å². The van der Waals surface area contributed by atoms with Gasteiger partial charge in [0, 0.05) is 12.8 Å². The van der Waals surface area contributed by atoms with E-state index in [9.17, 15) is 9.59 Å². The van der Waals surface area contributed by atoms with Gasteiger partial charge >= 0.3 is 11.9 Å². The van der Waals surface area contributed by atoms with Crippen LogP contribution in [-0.4, -0.2) is 25.7 Å². The van der Waals surface area contributed by atoms with Crippen molar-refractivity contribution in [1.82, 2.24) is 0 Å². The van der Waals surface area contributed by atoms with E-state index in [-0.39, 0.29) is 24.8 Å². The molecule has 5 nitrogen and oxygen atoms in total. The standard InChI is InChI=1S/C25H38O5/c1-4-5-6-7-8-9-10-11-12-13-19-29-24(26)15-14-16-25(27)30-23-20-21(2)17-18-22(23)28-3/h12-13,17-18,20H,4-11,14-16,19H2,1-3H3/b13-12+. The number of aryl methyl sites for hydroxylation is 1. The van der Waals surface area contributed by atoms with Crippen molar-refractivity contribution in [2.75, 3.05) is 13.7 Å². The fraction of sp³-hybridized carbons (Fsp3) is 0.600. The fourth-order valence-corrected chi connectivity index (χ4v) is 3.03. The molecule has 0 aliphatic heterocycles. The summed E-state index contributed by atoms with van der Waals surface area (Å²) in [6.45, 7) is 4.44. The van der Waals surface area contributed by atoms with E-state index in [0.717, 1.165) is 12.0 Å². The van der Waals surface area contributed by atoms with Gasteiger partial charge in [-0.25, -0.2) is 0 Å². The van der Waals surface area contributed by atoms with Crippen molar-refractivity contribution in [3.8, 4) is 11.5 Å². The van der Waals surface area contributed by atoms with Gasteiger partial charge in [0.2, 0.25) is 0 Å². The molecule has 0 aliphatic rings. The van der Waals surface area contributed by atoms with Crippen LogP contribution in [0.5, 0.6) is 11.5 Å². The van der Waals surface area contributed by atoms with Gasteiger partial charge in [-0.1, -0.05) is 63.7 Å². The molecule has 0 N–H and O–H groups in total. The normalized spacial score (nSPS) is 10.9. The Morgan fingerprint density at radius 1 is 0.867 bits per heavy atom. The molecule has 1 aromatic carbocycles. The van der Waals surface area contributed by atoms with Crippen molar-refractivity contribution in [1.29, 1.82) is 0 Å². The summed E-state index contributed by atoms with van der Waals surface area (Å²) in [6.07, 6.45) is 14.8. The lowest BCUT2D eigenvalue weighted by molar-refractivity contribution is -0.142. The van der Waals surface area contributed by atoms with Crippen LogP contribution in [0.15, 0.2) is 30.4 Å². The smallest absolute Gasteiger partial charge is 0.311 e. The van der Waals surface area contributed by atoms with E-state index >= 15 is 0 Å². The first-order chi connectivity index (χ1) is 14.6. The summed E-state index contributed by atoms with van der Waals surface area (Å²) in [5.74, 6) is 0.227. The van der Waals surface area contributed by atoms with Crippen LogP contribution in [0.25, 0.3) is 0 Å². The molecule has 0 atom stereocenters. The Hall–Kier alpha value is -2.30. The van der Waals surface area contributed by atoms with Crippen LogP contribution < -0.4 is 9.47 Å². The number of rotatable bonds is 16. The van der Waals surface area contributed by atoms with E-state index in [1.165, 1.54) is 52.1 Å². The predicted octanol–water partition coefficient (Wildman–Crippen LogP) is 6.32. The molecular formula is C25H38O5. The highest BCUT2D eigenvalue weighted by molar-refractivity contribution is 5.75. The van der Waals surface area contributed by atoms with E-state index in [1.807, 2.05) is 19.1 Å². The molecule has 0 fully saturated rings. The third-order valence-corrected chi connectivity index (χ3v) is 4.79. The number of ether oxygens (including phenoxy) is 3. The monoisotopic (exact) mass is 418 g/mol. The Labute approximate surface area is 181 Å². The van der Waals surface area contributed by atoms with E-state index in [2.05, 4.69) is 13.0 Å². The summed E-state index contributed by atoms with van der Waals surface area (Å²) in [4.78, 5) is 23.8. The molecule has 1 aromatic rings. The maximum absolute atomic E-state index is 12.0. The molecule has 0 aromatic heterocycles. The Kier molecular flexibility index (Phi) is 14.1. The summed E-state index contributed by atoms with van der Waals surface area (Å²) in [5, 5.41) is 0. The number of methoxy groups -OCH3 is 1. The van der Waals surface area contributed by atoms with Crippen LogP contribution >= 0.6 is 0 Å². The molecule has 168 valence electrons. The number of benzene rings is 1. The Balaban J connectivity index is 2.08. The van der Waals surface area contributed by atoms with Crippen LogP contribution in [0, 0.1) is 6.92 Å². The first kappa shape index (κ1) is 25.7. The summed E-state index contributed by atoms with van der Waals surface area (Å²) < 4.78 is 15.7. The second-order valence-electron chi connectivity index (χ2n) is 7.55. The highest BCUT2D eigenvalue weighted by Gasteiger charge is 2.11. The summed E-state index contributed by atoms with van der Waals surface area (Å²) >= 11 is 0. The molecule has 0 spiro atoms. The van der Waals surface area contributed by atoms with Gasteiger partial charge in [-0.2, -0.15) is 0 Å². The molecule has 0 aliphatic carbocycles. The van der Waals surface area contributed by atoms with Crippen LogP contribution in [0.1, 0.15) is 83.1 Å². The average molecular weight is 419 g/mol. The second-order valence-corrected chi connectivity index (χ2v) is 7.55. The van der Waals surface area contributed by atoms with Gasteiger partial charge in [-0.15, -0.1) is 0 Å². The number of hydrogen-bond donors (Lipinski definition) is 0. The zero-order valence-corrected chi connectivity index (χ0v) is 18.9. The molecule has 30 heavy (non-hydrogen) atoms. The molecule has 0 heterocycles. The molecular weight excluding hydrogens is 380 g/mol. The van der Waals surface area contributed by atoms with Gasteiger partial charge in [-0.05, 0) is 43.9 Å². The topological polar surface area (TPSA) is 61.8 Å². The van der Waals surface area contributed by atoms with Crippen LogP contribution in [0.2, 0.25) is 0 Å². The van der Waals surface area contributed by atoms with Gasteiger partial charge in [0.25, 0.3) is 0 Å². The molecule has 1 rings (SSSR count). The van der Waals surface area contributed by atoms with E-state index in [4.69, 9.17) is 14.2 Å². The van der Waals surface area contributed by atoms with Crippen molar-refractivity contribution in [3.63, 3.8) is 0 Å². The van der Waals surface area contributed by atoms with Crippen molar-refractivity contribution in [2.45, 2.75) is 84.5 Å². The van der Waals surface area contributed by atoms with Crippen LogP contribution in [0.4, 0.5) is 0 Å². The third-order valence-electron chi connectivity index (χ3n) is 4.79. The van der Waals surface area contributed by atoms with Crippen molar-refractivity contribution >= 4 is 11.9 Å². The van der Waals surface area contributed by atoms with Crippen molar-refractivity contribution < 1.29 is 23.8 Å². The molecule has 0 saturated heterocycles. The van der Waals surface area contributed by atoms with Crippen LogP contribution in [-0.2, 0) is 14.3 Å². The molecule has 0 saturated carbocycles. The number of carbonyl (C=O) groups is 2. The largest absolute Gasteiger partial charge is 0.493 e. The first-order valence-electron chi connectivity index (χ1n) is 11.2. The Bertz CT molecular complexity index is 651. The van der Waals surface area contributed by atoms with Gasteiger partial charge in [0.15, 0.2) is 11.5 Å². The van der Waals surface area contributed by atoms with Gasteiger partial charge in [0.05, 0.1) is 7.11 Å². The minimum atomic E-state index is -0.388. The maximum atomic E-state index is 12.0. The fourth-order valence-electron chi connectivity index (χ4n) is 3.03. The third kappa shape index (κ3) is 12.3. The van der Waals surface area contributed by atoms with Crippen LogP contribution in [0.3, 0.4) is 0 Å². The number of carbonyl (C=O) groups excluding carboxylic acids is 2. The number of esters is 2. The predicted molar refractivity (Wildman–Crippen MR) is 120 cm³/mol. The highest BCUT2D eigenvalue weighted by Crippen LogP contribution is 2.28. The summed E-state index contributed by atoms with van der Waals surface area (Å²) in [5.41, 5.74) is 0.974. The average Bonchev–Trinajstić information content (AvgIpc) is 2.72. The first-order valence-corrected chi connectivity index (χ1v) is 11.2. The van der Waals surface area contributed by atoms with Crippen molar-refractivity contribution in [2.24, 2.45) is 0 Å². The Morgan fingerprint density at radius 2 is 1.57 bits per heavy atom. The maximum Gasteiger partial charge on any atom is 0.311 e. The number of hydrogen-bond acceptors (Lipinski definition) is 5. The zero-order chi connectivity index (χ0) is 22.0. The van der Waals surface area contributed by atoms with Crippen molar-refractivity contribution in [3.05, 3.63) is 35.9 Å². The zero-order valence-electron chi connectivity index (χ0n) is 18.9. The highest BCUT2D eigenvalue weighted by atomic mass is 16.6. The van der Waals surface area contributed by atoms with Gasteiger partial charge < -0.3 is 14.2 Å². The van der Waals surface area contributed by atoms with E-state index in [0.29, 0.717) is 24.5 Å². The lowest BCUT2D eigenvalue weighted by atomic mass is 10.1. The second kappa shape index (κ2) is 16.5.